The molecular formula is C16H26N2O5S. The summed E-state index contributed by atoms with van der Waals surface area (Å²) in [7, 11) is 1.59. The van der Waals surface area contributed by atoms with Crippen molar-refractivity contribution in [3.63, 3.8) is 0 Å². The van der Waals surface area contributed by atoms with Crippen molar-refractivity contribution in [1.82, 2.24) is 4.31 Å². The van der Waals surface area contributed by atoms with Crippen molar-refractivity contribution in [3.8, 4) is 17.2 Å². The van der Waals surface area contributed by atoms with Gasteiger partial charge < -0.3 is 19.1 Å². The Kier molecular flexibility index (Phi) is 6.17. The van der Waals surface area contributed by atoms with Gasteiger partial charge in [-0.05, 0) is 6.42 Å². The molecule has 8 heteroatoms. The lowest BCUT2D eigenvalue weighted by molar-refractivity contribution is 0.324. The van der Waals surface area contributed by atoms with Crippen LogP contribution in [0, 0.1) is 0 Å². The molecule has 0 radical (unpaired) electrons. The molecule has 1 aromatic rings. The summed E-state index contributed by atoms with van der Waals surface area (Å²) < 4.78 is 42.0. The van der Waals surface area contributed by atoms with E-state index in [1.54, 1.807) is 25.6 Å². The molecule has 0 aromatic heterocycles. The molecule has 0 saturated carbocycles. The SMILES string of the molecule is CCCS(=O)(=O)N1CCN(c2cc(OC)c(OC)c(OC)c2)CC1. The molecule has 1 aliphatic heterocycles. The Morgan fingerprint density at radius 1 is 0.958 bits per heavy atom. The minimum Gasteiger partial charge on any atom is -0.493 e. The zero-order valence-corrected chi connectivity index (χ0v) is 15.6. The molecule has 0 aliphatic carbocycles. The van der Waals surface area contributed by atoms with Crippen LogP contribution >= 0.6 is 0 Å². The van der Waals surface area contributed by atoms with Crippen LogP contribution in [0.25, 0.3) is 0 Å². The number of hydrogen-bond acceptors (Lipinski definition) is 6. The summed E-state index contributed by atoms with van der Waals surface area (Å²) in [5.41, 5.74) is 0.928. The summed E-state index contributed by atoms with van der Waals surface area (Å²) in [6.07, 6.45) is 0.634. The first-order valence-corrected chi connectivity index (χ1v) is 9.60. The molecule has 1 aromatic carbocycles. The molecule has 1 heterocycles. The van der Waals surface area contributed by atoms with E-state index in [2.05, 4.69) is 4.90 Å². The highest BCUT2D eigenvalue weighted by Gasteiger charge is 2.27. The molecule has 2 rings (SSSR count). The van der Waals surface area contributed by atoms with Gasteiger partial charge >= 0.3 is 0 Å². The van der Waals surface area contributed by atoms with E-state index >= 15 is 0 Å². The van der Waals surface area contributed by atoms with Gasteiger partial charge in [-0.15, -0.1) is 0 Å². The van der Waals surface area contributed by atoms with E-state index in [0.717, 1.165) is 5.69 Å². The van der Waals surface area contributed by atoms with Crippen molar-refractivity contribution >= 4 is 15.7 Å². The normalized spacial score (nSPS) is 16.1. The molecule has 136 valence electrons. The molecule has 24 heavy (non-hydrogen) atoms. The van der Waals surface area contributed by atoms with E-state index < -0.39 is 10.0 Å². The Morgan fingerprint density at radius 2 is 1.50 bits per heavy atom. The second kappa shape index (κ2) is 7.94. The minimum atomic E-state index is -3.14. The van der Waals surface area contributed by atoms with Crippen LogP contribution in [-0.4, -0.2) is 66.0 Å². The maximum Gasteiger partial charge on any atom is 0.214 e. The summed E-state index contributed by atoms with van der Waals surface area (Å²) in [5, 5.41) is 0. The highest BCUT2D eigenvalue weighted by molar-refractivity contribution is 7.89. The third-order valence-corrected chi connectivity index (χ3v) is 6.18. The molecule has 1 aliphatic rings. The number of benzene rings is 1. The maximum absolute atomic E-state index is 12.2. The number of methoxy groups -OCH3 is 3. The Labute approximate surface area is 144 Å². The largest absolute Gasteiger partial charge is 0.493 e. The third kappa shape index (κ3) is 3.87. The van der Waals surface area contributed by atoms with Gasteiger partial charge in [0, 0.05) is 44.0 Å². The van der Waals surface area contributed by atoms with Crippen molar-refractivity contribution in [2.45, 2.75) is 13.3 Å². The van der Waals surface area contributed by atoms with Crippen LogP contribution in [-0.2, 0) is 10.0 Å². The number of ether oxygens (including phenoxy) is 3. The summed E-state index contributed by atoms with van der Waals surface area (Å²) in [4.78, 5) is 2.13. The van der Waals surface area contributed by atoms with Crippen LogP contribution in [0.15, 0.2) is 12.1 Å². The molecular weight excluding hydrogens is 332 g/mol. The van der Waals surface area contributed by atoms with Gasteiger partial charge in [0.25, 0.3) is 0 Å². The lowest BCUT2D eigenvalue weighted by atomic mass is 10.2. The standard InChI is InChI=1S/C16H26N2O5S/c1-5-10-24(19,20)18-8-6-17(7-9-18)13-11-14(21-2)16(23-4)15(12-13)22-3/h11-12H,5-10H2,1-4H3. The average molecular weight is 358 g/mol. The monoisotopic (exact) mass is 358 g/mol. The third-order valence-electron chi connectivity index (χ3n) is 4.11. The van der Waals surface area contributed by atoms with E-state index in [9.17, 15) is 8.42 Å². The Morgan fingerprint density at radius 3 is 1.92 bits per heavy atom. The summed E-state index contributed by atoms with van der Waals surface area (Å²) in [6.45, 7) is 4.10. The molecule has 1 fully saturated rings. The van der Waals surface area contributed by atoms with Crippen molar-refractivity contribution in [1.29, 1.82) is 0 Å². The van der Waals surface area contributed by atoms with Crippen molar-refractivity contribution in [2.75, 3.05) is 58.2 Å². The predicted octanol–water partition coefficient (Wildman–Crippen LogP) is 1.57. The number of sulfonamides is 1. The van der Waals surface area contributed by atoms with Gasteiger partial charge in [0.05, 0.1) is 27.1 Å². The van der Waals surface area contributed by atoms with Crippen molar-refractivity contribution in [3.05, 3.63) is 12.1 Å². The predicted molar refractivity (Wildman–Crippen MR) is 94.0 cm³/mol. The van der Waals surface area contributed by atoms with Crippen LogP contribution in [0.1, 0.15) is 13.3 Å². The van der Waals surface area contributed by atoms with Crippen LogP contribution < -0.4 is 19.1 Å². The molecule has 0 spiro atoms. The molecule has 7 nitrogen and oxygen atoms in total. The fourth-order valence-electron chi connectivity index (χ4n) is 2.86. The Balaban J connectivity index is 2.17. The highest BCUT2D eigenvalue weighted by Crippen LogP contribution is 2.41. The molecule has 0 bridgehead atoms. The highest BCUT2D eigenvalue weighted by atomic mass is 32.2. The summed E-state index contributed by atoms with van der Waals surface area (Å²) in [5.74, 6) is 1.94. The zero-order chi connectivity index (χ0) is 17.7. The van der Waals surface area contributed by atoms with Crippen molar-refractivity contribution < 1.29 is 22.6 Å². The van der Waals surface area contributed by atoms with Crippen LogP contribution in [0.5, 0.6) is 17.2 Å². The lowest BCUT2D eigenvalue weighted by Gasteiger charge is -2.35. The van der Waals surface area contributed by atoms with Gasteiger partial charge in [0.1, 0.15) is 0 Å². The van der Waals surface area contributed by atoms with Gasteiger partial charge in [-0.2, -0.15) is 4.31 Å². The maximum atomic E-state index is 12.2. The molecule has 1 saturated heterocycles. The van der Waals surface area contributed by atoms with Gasteiger partial charge in [0.2, 0.25) is 15.8 Å². The van der Waals surface area contributed by atoms with E-state index in [-0.39, 0.29) is 5.75 Å². The lowest BCUT2D eigenvalue weighted by Crippen LogP contribution is -2.49. The first-order chi connectivity index (χ1) is 11.5. The van der Waals surface area contributed by atoms with Crippen LogP contribution in [0.3, 0.4) is 0 Å². The Hall–Kier alpha value is -1.67. The van der Waals surface area contributed by atoms with Gasteiger partial charge in [0.15, 0.2) is 11.5 Å². The van der Waals surface area contributed by atoms with E-state index in [0.29, 0.717) is 49.8 Å². The second-order valence-corrected chi connectivity index (χ2v) is 7.67. The quantitative estimate of drug-likeness (QED) is 0.737. The number of anilines is 1. The second-order valence-electron chi connectivity index (χ2n) is 5.59. The Bertz CT molecular complexity index is 629. The minimum absolute atomic E-state index is 0.206. The fraction of sp³-hybridized carbons (Fsp3) is 0.625. The summed E-state index contributed by atoms with van der Waals surface area (Å²) in [6, 6.07) is 3.77. The van der Waals surface area contributed by atoms with Crippen LogP contribution in [0.2, 0.25) is 0 Å². The summed E-state index contributed by atoms with van der Waals surface area (Å²) >= 11 is 0. The van der Waals surface area contributed by atoms with Crippen LogP contribution in [0.4, 0.5) is 5.69 Å². The van der Waals surface area contributed by atoms with E-state index in [1.165, 1.54) is 0 Å². The molecule has 0 N–H and O–H groups in total. The molecule has 0 amide bonds. The van der Waals surface area contributed by atoms with E-state index in [4.69, 9.17) is 14.2 Å². The van der Waals surface area contributed by atoms with Gasteiger partial charge in [-0.1, -0.05) is 6.92 Å². The topological polar surface area (TPSA) is 68.3 Å². The first kappa shape index (κ1) is 18.7. The van der Waals surface area contributed by atoms with E-state index in [1.807, 2.05) is 19.1 Å². The van der Waals surface area contributed by atoms with Crippen molar-refractivity contribution in [2.24, 2.45) is 0 Å². The first-order valence-electron chi connectivity index (χ1n) is 7.99. The fourth-order valence-corrected chi connectivity index (χ4v) is 4.36. The average Bonchev–Trinajstić information content (AvgIpc) is 2.60. The molecule has 0 atom stereocenters. The molecule has 0 unspecified atom stereocenters. The number of hydrogen-bond donors (Lipinski definition) is 0. The number of rotatable bonds is 7. The van der Waals surface area contributed by atoms with Gasteiger partial charge in [-0.25, -0.2) is 8.42 Å². The van der Waals surface area contributed by atoms with Gasteiger partial charge in [-0.3, -0.25) is 0 Å². The zero-order valence-electron chi connectivity index (χ0n) is 14.7. The number of piperazine rings is 1. The number of nitrogens with zero attached hydrogens (tertiary/aromatic N) is 2. The smallest absolute Gasteiger partial charge is 0.214 e.